The second-order valence-electron chi connectivity index (χ2n) is 9.37. The minimum atomic E-state index is -0.588. The molecule has 0 unspecified atom stereocenters. The van der Waals surface area contributed by atoms with Crippen molar-refractivity contribution in [2.75, 3.05) is 6.61 Å². The third-order valence-electron chi connectivity index (χ3n) is 6.75. The van der Waals surface area contributed by atoms with Gasteiger partial charge in [0.25, 0.3) is 5.91 Å². The van der Waals surface area contributed by atoms with Crippen LogP contribution < -0.4 is 10.1 Å². The third-order valence-corrected chi connectivity index (χ3v) is 7.12. The Morgan fingerprint density at radius 2 is 1.82 bits per heavy atom. The molecule has 184 valence electrons. The van der Waals surface area contributed by atoms with Crippen LogP contribution >= 0.6 is 11.6 Å². The summed E-state index contributed by atoms with van der Waals surface area (Å²) in [5.41, 5.74) is 4.02. The fraction of sp³-hybridized carbons (Fsp3) is 0.500. The van der Waals surface area contributed by atoms with Gasteiger partial charge in [0.15, 0.2) is 6.61 Å². The molecule has 6 heteroatoms. The van der Waals surface area contributed by atoms with Crippen LogP contribution in [0, 0.1) is 20.8 Å². The van der Waals surface area contributed by atoms with Crippen molar-refractivity contribution in [1.29, 1.82) is 0 Å². The lowest BCUT2D eigenvalue weighted by Crippen LogP contribution is -2.52. The lowest BCUT2D eigenvalue weighted by molar-refractivity contribution is -0.143. The van der Waals surface area contributed by atoms with Gasteiger partial charge >= 0.3 is 0 Å². The maximum Gasteiger partial charge on any atom is 0.261 e. The topological polar surface area (TPSA) is 58.6 Å². The standard InChI is InChI=1S/C28H37ClN2O3/c1-5-25(28(33)30-23-12-7-6-8-13-23)31(17-22-11-9-10-14-24(22)29)27(32)18-34-26-16-19(2)15-20(3)21(26)4/h9-11,14-16,23,25H,5-8,12-13,17-18H2,1-4H3,(H,30,33)/t25-/m0/s1. The van der Waals surface area contributed by atoms with Gasteiger partial charge < -0.3 is 15.0 Å². The highest BCUT2D eigenvalue weighted by Crippen LogP contribution is 2.25. The first kappa shape index (κ1) is 26.1. The van der Waals surface area contributed by atoms with Crippen molar-refractivity contribution < 1.29 is 14.3 Å². The van der Waals surface area contributed by atoms with E-state index in [1.54, 1.807) is 11.0 Å². The molecule has 2 aromatic rings. The maximum absolute atomic E-state index is 13.5. The van der Waals surface area contributed by atoms with E-state index in [0.717, 1.165) is 47.9 Å². The average Bonchev–Trinajstić information content (AvgIpc) is 2.82. The third kappa shape index (κ3) is 6.75. The number of benzene rings is 2. The molecular weight excluding hydrogens is 448 g/mol. The van der Waals surface area contributed by atoms with Crippen LogP contribution in [0.2, 0.25) is 5.02 Å². The van der Waals surface area contributed by atoms with Gasteiger partial charge in [-0.05, 0) is 74.4 Å². The first-order valence-corrected chi connectivity index (χ1v) is 12.7. The summed E-state index contributed by atoms with van der Waals surface area (Å²) in [6.45, 7) is 8.08. The van der Waals surface area contributed by atoms with Gasteiger partial charge in [-0.25, -0.2) is 0 Å². The Morgan fingerprint density at radius 3 is 2.50 bits per heavy atom. The molecule has 0 heterocycles. The molecule has 0 radical (unpaired) electrons. The Morgan fingerprint density at radius 1 is 1.12 bits per heavy atom. The molecule has 1 saturated carbocycles. The number of carbonyl (C=O) groups is 2. The van der Waals surface area contributed by atoms with Crippen LogP contribution in [0.3, 0.4) is 0 Å². The fourth-order valence-electron chi connectivity index (χ4n) is 4.65. The van der Waals surface area contributed by atoms with E-state index >= 15 is 0 Å². The molecule has 1 aliphatic rings. The Kier molecular flexibility index (Phi) is 9.40. The molecule has 1 fully saturated rings. The number of nitrogens with one attached hydrogen (secondary N) is 1. The van der Waals surface area contributed by atoms with Crippen LogP contribution in [0.15, 0.2) is 36.4 Å². The quantitative estimate of drug-likeness (QED) is 0.482. The lowest BCUT2D eigenvalue weighted by atomic mass is 9.95. The fourth-order valence-corrected chi connectivity index (χ4v) is 4.84. The second-order valence-corrected chi connectivity index (χ2v) is 9.78. The van der Waals surface area contributed by atoms with Gasteiger partial charge in [0.2, 0.25) is 5.91 Å². The smallest absolute Gasteiger partial charge is 0.261 e. The molecule has 5 nitrogen and oxygen atoms in total. The molecule has 0 aromatic heterocycles. The molecule has 1 atom stereocenters. The summed E-state index contributed by atoms with van der Waals surface area (Å²) in [6, 6.07) is 11.1. The van der Waals surface area contributed by atoms with Crippen molar-refractivity contribution in [3.05, 3.63) is 63.7 Å². The SMILES string of the molecule is CC[C@@H](C(=O)NC1CCCCC1)N(Cc1ccccc1Cl)C(=O)COc1cc(C)cc(C)c1C. The van der Waals surface area contributed by atoms with Crippen LogP contribution in [0.5, 0.6) is 5.75 Å². The van der Waals surface area contributed by atoms with Gasteiger partial charge in [-0.1, -0.05) is 62.1 Å². The van der Waals surface area contributed by atoms with Crippen molar-refractivity contribution >= 4 is 23.4 Å². The highest BCUT2D eigenvalue weighted by molar-refractivity contribution is 6.31. The predicted molar refractivity (Wildman–Crippen MR) is 137 cm³/mol. The number of carbonyl (C=O) groups excluding carboxylic acids is 2. The minimum Gasteiger partial charge on any atom is -0.483 e. The van der Waals surface area contributed by atoms with Gasteiger partial charge in [-0.2, -0.15) is 0 Å². The van der Waals surface area contributed by atoms with Crippen LogP contribution in [0.25, 0.3) is 0 Å². The number of ether oxygens (including phenoxy) is 1. The summed E-state index contributed by atoms with van der Waals surface area (Å²) in [5, 5.41) is 3.77. The number of aryl methyl sites for hydroxylation is 2. The first-order chi connectivity index (χ1) is 16.3. The van der Waals surface area contributed by atoms with E-state index in [9.17, 15) is 9.59 Å². The van der Waals surface area contributed by atoms with E-state index in [0.29, 0.717) is 17.2 Å². The van der Waals surface area contributed by atoms with E-state index in [4.69, 9.17) is 16.3 Å². The molecule has 1 aliphatic carbocycles. The van der Waals surface area contributed by atoms with Gasteiger partial charge in [-0.15, -0.1) is 0 Å². The Labute approximate surface area is 208 Å². The van der Waals surface area contributed by atoms with Crippen LogP contribution in [0.4, 0.5) is 0 Å². The van der Waals surface area contributed by atoms with Gasteiger partial charge in [0.05, 0.1) is 0 Å². The Balaban J connectivity index is 1.80. The molecule has 1 N–H and O–H groups in total. The molecule has 0 spiro atoms. The van der Waals surface area contributed by atoms with Crippen LogP contribution in [0.1, 0.15) is 67.7 Å². The summed E-state index contributed by atoms with van der Waals surface area (Å²) in [4.78, 5) is 28.4. The molecule has 3 rings (SSSR count). The van der Waals surface area contributed by atoms with Gasteiger partial charge in [-0.3, -0.25) is 9.59 Å². The first-order valence-electron chi connectivity index (χ1n) is 12.3. The van der Waals surface area contributed by atoms with Gasteiger partial charge in [0, 0.05) is 17.6 Å². The van der Waals surface area contributed by atoms with Crippen molar-refractivity contribution in [2.45, 2.75) is 84.8 Å². The summed E-state index contributed by atoms with van der Waals surface area (Å²) in [6.07, 6.45) is 5.99. The summed E-state index contributed by atoms with van der Waals surface area (Å²) < 4.78 is 5.98. The lowest BCUT2D eigenvalue weighted by Gasteiger charge is -2.33. The monoisotopic (exact) mass is 484 g/mol. The molecular formula is C28H37ClN2O3. The van der Waals surface area contributed by atoms with Crippen molar-refractivity contribution in [2.24, 2.45) is 0 Å². The molecule has 34 heavy (non-hydrogen) atoms. The van der Waals surface area contributed by atoms with E-state index in [1.165, 1.54) is 6.42 Å². The average molecular weight is 485 g/mol. The minimum absolute atomic E-state index is 0.0996. The zero-order valence-electron chi connectivity index (χ0n) is 20.8. The van der Waals surface area contributed by atoms with Crippen molar-refractivity contribution in [3.8, 4) is 5.75 Å². The highest BCUT2D eigenvalue weighted by Gasteiger charge is 2.31. The second kappa shape index (κ2) is 12.3. The van der Waals surface area contributed by atoms with E-state index in [-0.39, 0.29) is 31.0 Å². The Hall–Kier alpha value is -2.53. The normalized spacial score (nSPS) is 15.0. The number of nitrogens with zero attached hydrogens (tertiary/aromatic N) is 1. The van der Waals surface area contributed by atoms with Crippen LogP contribution in [-0.4, -0.2) is 35.4 Å². The van der Waals surface area contributed by atoms with Gasteiger partial charge in [0.1, 0.15) is 11.8 Å². The molecule has 0 bridgehead atoms. The molecule has 0 saturated heterocycles. The van der Waals surface area contributed by atoms with E-state index in [1.807, 2.05) is 52.0 Å². The molecule has 2 amide bonds. The number of rotatable bonds is 9. The number of hydrogen-bond acceptors (Lipinski definition) is 3. The molecule has 0 aliphatic heterocycles. The zero-order valence-corrected chi connectivity index (χ0v) is 21.6. The zero-order chi connectivity index (χ0) is 24.7. The number of hydrogen-bond donors (Lipinski definition) is 1. The van der Waals surface area contributed by atoms with Crippen molar-refractivity contribution in [3.63, 3.8) is 0 Å². The number of halogens is 1. The summed E-state index contributed by atoms with van der Waals surface area (Å²) >= 11 is 6.41. The number of amides is 2. The predicted octanol–water partition coefficient (Wildman–Crippen LogP) is 5.90. The Bertz CT molecular complexity index is 1000. The molecule has 2 aromatic carbocycles. The van der Waals surface area contributed by atoms with E-state index < -0.39 is 6.04 Å². The largest absolute Gasteiger partial charge is 0.483 e. The summed E-state index contributed by atoms with van der Waals surface area (Å²) in [7, 11) is 0. The highest BCUT2D eigenvalue weighted by atomic mass is 35.5. The van der Waals surface area contributed by atoms with E-state index in [2.05, 4.69) is 11.4 Å². The van der Waals surface area contributed by atoms with Crippen LogP contribution in [-0.2, 0) is 16.1 Å². The van der Waals surface area contributed by atoms with Crippen molar-refractivity contribution in [1.82, 2.24) is 10.2 Å². The maximum atomic E-state index is 13.5. The summed E-state index contributed by atoms with van der Waals surface area (Å²) in [5.74, 6) is 0.366.